The maximum Gasteiger partial charge on any atom is 0.232 e. The summed E-state index contributed by atoms with van der Waals surface area (Å²) in [5, 5.41) is 0. The first-order valence-corrected chi connectivity index (χ1v) is 7.28. The van der Waals surface area contributed by atoms with E-state index in [0.29, 0.717) is 19.0 Å². The topological polar surface area (TPSA) is 72.4 Å². The van der Waals surface area contributed by atoms with Crippen molar-refractivity contribution in [1.82, 2.24) is 14.3 Å². The van der Waals surface area contributed by atoms with Crippen LogP contribution < -0.4 is 4.74 Å². The average molecular weight is 257 g/mol. The largest absolute Gasteiger partial charge is 0.472 e. The Balaban J connectivity index is 1.99. The van der Waals surface area contributed by atoms with Gasteiger partial charge in [-0.15, -0.1) is 0 Å². The molecule has 17 heavy (non-hydrogen) atoms. The van der Waals surface area contributed by atoms with Crippen molar-refractivity contribution in [2.75, 3.05) is 19.3 Å². The van der Waals surface area contributed by atoms with Crippen LogP contribution in [0.4, 0.5) is 0 Å². The van der Waals surface area contributed by atoms with Gasteiger partial charge >= 0.3 is 0 Å². The summed E-state index contributed by atoms with van der Waals surface area (Å²) in [5.41, 5.74) is 0. The summed E-state index contributed by atoms with van der Waals surface area (Å²) in [6.07, 6.45) is 7.36. The van der Waals surface area contributed by atoms with Gasteiger partial charge in [-0.1, -0.05) is 0 Å². The van der Waals surface area contributed by atoms with Gasteiger partial charge in [0.2, 0.25) is 15.9 Å². The molecule has 0 spiro atoms. The van der Waals surface area contributed by atoms with Gasteiger partial charge in [-0.05, 0) is 12.8 Å². The van der Waals surface area contributed by atoms with Crippen molar-refractivity contribution < 1.29 is 13.2 Å². The summed E-state index contributed by atoms with van der Waals surface area (Å²) in [5.74, 6) is 0.438. The summed E-state index contributed by atoms with van der Waals surface area (Å²) in [6.45, 7) is 0.953. The molecule has 7 heteroatoms. The molecule has 0 aliphatic carbocycles. The zero-order valence-electron chi connectivity index (χ0n) is 9.61. The van der Waals surface area contributed by atoms with E-state index in [0.717, 1.165) is 12.8 Å². The molecule has 1 aromatic heterocycles. The maximum absolute atomic E-state index is 11.4. The smallest absolute Gasteiger partial charge is 0.232 e. The van der Waals surface area contributed by atoms with Crippen LogP contribution in [0.3, 0.4) is 0 Å². The molecule has 2 rings (SSSR count). The number of piperidine rings is 1. The van der Waals surface area contributed by atoms with E-state index in [-0.39, 0.29) is 6.10 Å². The van der Waals surface area contributed by atoms with Gasteiger partial charge in [0.15, 0.2) is 0 Å². The number of nitrogens with zero attached hydrogens (tertiary/aromatic N) is 3. The minimum Gasteiger partial charge on any atom is -0.472 e. The highest BCUT2D eigenvalue weighted by atomic mass is 32.2. The van der Waals surface area contributed by atoms with Crippen LogP contribution in [0.2, 0.25) is 0 Å². The molecule has 1 fully saturated rings. The minimum absolute atomic E-state index is 0.143. The number of aromatic nitrogens is 2. The molecule has 6 nitrogen and oxygen atoms in total. The Bertz CT molecular complexity index is 463. The third-order valence-corrected chi connectivity index (χ3v) is 3.91. The van der Waals surface area contributed by atoms with Gasteiger partial charge in [-0.2, -0.15) is 4.31 Å². The lowest BCUT2D eigenvalue weighted by molar-refractivity contribution is 0.124. The first-order chi connectivity index (χ1) is 8.05. The molecule has 1 unspecified atom stereocenters. The van der Waals surface area contributed by atoms with Gasteiger partial charge in [0.25, 0.3) is 0 Å². The molecule has 0 N–H and O–H groups in total. The van der Waals surface area contributed by atoms with E-state index in [1.807, 2.05) is 0 Å². The molecular weight excluding hydrogens is 242 g/mol. The SMILES string of the molecule is CS(=O)(=O)N1CCCC(Oc2cnccn2)C1. The summed E-state index contributed by atoms with van der Waals surface area (Å²) in [7, 11) is -3.13. The van der Waals surface area contributed by atoms with Crippen molar-refractivity contribution in [2.45, 2.75) is 18.9 Å². The third-order valence-electron chi connectivity index (χ3n) is 2.64. The van der Waals surface area contributed by atoms with Gasteiger partial charge in [0.1, 0.15) is 6.10 Å². The van der Waals surface area contributed by atoms with Gasteiger partial charge < -0.3 is 4.74 Å². The molecule has 1 atom stereocenters. The summed E-state index contributed by atoms with van der Waals surface area (Å²) < 4.78 is 29.9. The fourth-order valence-corrected chi connectivity index (χ4v) is 2.72. The molecule has 94 valence electrons. The van der Waals surface area contributed by atoms with E-state index in [1.165, 1.54) is 16.8 Å². The molecule has 0 aromatic carbocycles. The van der Waals surface area contributed by atoms with Crippen molar-refractivity contribution in [1.29, 1.82) is 0 Å². The van der Waals surface area contributed by atoms with Gasteiger partial charge in [0, 0.05) is 18.9 Å². The van der Waals surface area contributed by atoms with Gasteiger partial charge in [-0.3, -0.25) is 4.98 Å². The third kappa shape index (κ3) is 3.37. The molecule has 1 aromatic rings. The van der Waals surface area contributed by atoms with Crippen LogP contribution in [0.25, 0.3) is 0 Å². The van der Waals surface area contributed by atoms with Crippen LogP contribution in [0, 0.1) is 0 Å². The van der Waals surface area contributed by atoms with Crippen LogP contribution in [0.1, 0.15) is 12.8 Å². The van der Waals surface area contributed by atoms with E-state index < -0.39 is 10.0 Å². The quantitative estimate of drug-likeness (QED) is 0.777. The first kappa shape index (κ1) is 12.3. The first-order valence-electron chi connectivity index (χ1n) is 5.43. The predicted molar refractivity (Wildman–Crippen MR) is 62.1 cm³/mol. The van der Waals surface area contributed by atoms with Gasteiger partial charge in [-0.25, -0.2) is 13.4 Å². The van der Waals surface area contributed by atoms with E-state index in [2.05, 4.69) is 9.97 Å². The molecular formula is C10H15N3O3S. The van der Waals surface area contributed by atoms with E-state index in [4.69, 9.17) is 4.74 Å². The Hall–Kier alpha value is -1.21. The number of hydrogen-bond donors (Lipinski definition) is 0. The standard InChI is InChI=1S/C10H15N3O3S/c1-17(14,15)13-6-2-3-9(8-13)16-10-7-11-4-5-12-10/h4-5,7,9H,2-3,6,8H2,1H3. The second kappa shape index (κ2) is 4.97. The Morgan fingerprint density at radius 2 is 2.29 bits per heavy atom. The number of sulfonamides is 1. The molecule has 2 heterocycles. The van der Waals surface area contributed by atoms with Crippen molar-refractivity contribution in [3.05, 3.63) is 18.6 Å². The zero-order chi connectivity index (χ0) is 12.3. The van der Waals surface area contributed by atoms with Crippen LogP contribution in [-0.4, -0.2) is 48.1 Å². The highest BCUT2D eigenvalue weighted by molar-refractivity contribution is 7.88. The highest BCUT2D eigenvalue weighted by Crippen LogP contribution is 2.17. The van der Waals surface area contributed by atoms with E-state index in [9.17, 15) is 8.42 Å². The van der Waals surface area contributed by atoms with Crippen molar-refractivity contribution in [2.24, 2.45) is 0 Å². The van der Waals surface area contributed by atoms with Crippen LogP contribution in [-0.2, 0) is 10.0 Å². The summed E-state index contributed by atoms with van der Waals surface area (Å²) in [6, 6.07) is 0. The minimum atomic E-state index is -3.13. The Morgan fingerprint density at radius 1 is 1.47 bits per heavy atom. The van der Waals surface area contributed by atoms with Crippen LogP contribution >= 0.6 is 0 Å². The summed E-state index contributed by atoms with van der Waals surface area (Å²) >= 11 is 0. The Morgan fingerprint density at radius 3 is 2.94 bits per heavy atom. The number of hydrogen-bond acceptors (Lipinski definition) is 5. The molecule has 0 radical (unpaired) electrons. The van der Waals surface area contributed by atoms with Crippen molar-refractivity contribution in [3.63, 3.8) is 0 Å². The molecule has 1 aliphatic rings. The second-order valence-electron chi connectivity index (χ2n) is 4.05. The summed E-state index contributed by atoms with van der Waals surface area (Å²) in [4.78, 5) is 7.91. The Labute approximate surface area is 101 Å². The molecule has 1 aliphatic heterocycles. The predicted octanol–water partition coefficient (Wildman–Crippen LogP) is 0.279. The van der Waals surface area contributed by atoms with Gasteiger partial charge in [0.05, 0.1) is 19.0 Å². The van der Waals surface area contributed by atoms with Crippen molar-refractivity contribution >= 4 is 10.0 Å². The van der Waals surface area contributed by atoms with Crippen LogP contribution in [0.5, 0.6) is 5.88 Å². The maximum atomic E-state index is 11.4. The lowest BCUT2D eigenvalue weighted by Crippen LogP contribution is -2.43. The molecule has 0 saturated carbocycles. The fraction of sp³-hybridized carbons (Fsp3) is 0.600. The fourth-order valence-electron chi connectivity index (χ4n) is 1.82. The highest BCUT2D eigenvalue weighted by Gasteiger charge is 2.27. The lowest BCUT2D eigenvalue weighted by atomic mass is 10.1. The molecule has 0 amide bonds. The zero-order valence-corrected chi connectivity index (χ0v) is 10.4. The Kier molecular flexibility index (Phi) is 3.58. The van der Waals surface area contributed by atoms with E-state index >= 15 is 0 Å². The lowest BCUT2D eigenvalue weighted by Gasteiger charge is -2.30. The normalized spacial score (nSPS) is 22.3. The van der Waals surface area contributed by atoms with Crippen molar-refractivity contribution in [3.8, 4) is 5.88 Å². The molecule has 0 bridgehead atoms. The molecule has 1 saturated heterocycles. The monoisotopic (exact) mass is 257 g/mol. The second-order valence-corrected chi connectivity index (χ2v) is 6.03. The average Bonchev–Trinajstić information content (AvgIpc) is 2.29. The number of ether oxygens (including phenoxy) is 1. The van der Waals surface area contributed by atoms with Crippen LogP contribution in [0.15, 0.2) is 18.6 Å². The van der Waals surface area contributed by atoms with E-state index in [1.54, 1.807) is 12.4 Å². The number of rotatable bonds is 3.